The number of hydrogen-bond acceptors (Lipinski definition) is 10. The van der Waals surface area contributed by atoms with Gasteiger partial charge in [-0.3, -0.25) is 9.48 Å². The fraction of sp³-hybridized carbons (Fsp3) is 0.440. The van der Waals surface area contributed by atoms with Crippen LogP contribution in [-0.4, -0.2) is 80.6 Å². The average Bonchev–Trinajstić information content (AvgIpc) is 3.52. The van der Waals surface area contributed by atoms with Gasteiger partial charge in [-0.2, -0.15) is 14.3 Å². The highest BCUT2D eigenvalue weighted by Crippen LogP contribution is 2.34. The van der Waals surface area contributed by atoms with E-state index in [0.717, 1.165) is 29.6 Å². The lowest BCUT2D eigenvalue weighted by atomic mass is 9.99. The summed E-state index contributed by atoms with van der Waals surface area (Å²) in [6, 6.07) is 3.81. The van der Waals surface area contributed by atoms with Crippen LogP contribution in [0.2, 0.25) is 0 Å². The summed E-state index contributed by atoms with van der Waals surface area (Å²) in [5.74, 6) is 2.27. The second kappa shape index (κ2) is 10.3. The summed E-state index contributed by atoms with van der Waals surface area (Å²) >= 11 is 0. The molecule has 4 aromatic heterocycles. The van der Waals surface area contributed by atoms with Gasteiger partial charge in [0.05, 0.1) is 46.6 Å². The van der Waals surface area contributed by atoms with Gasteiger partial charge in [0.1, 0.15) is 22.6 Å². The van der Waals surface area contributed by atoms with Crippen molar-refractivity contribution in [1.29, 1.82) is 0 Å². The molecule has 39 heavy (non-hydrogen) atoms. The van der Waals surface area contributed by atoms with Crippen molar-refractivity contribution in [2.24, 2.45) is 5.92 Å². The van der Waals surface area contributed by atoms with Crippen molar-refractivity contribution in [3.8, 4) is 11.4 Å². The fourth-order valence-corrected chi connectivity index (χ4v) is 5.69. The molecule has 0 bridgehead atoms. The van der Waals surface area contributed by atoms with Crippen LogP contribution in [0, 0.1) is 5.92 Å². The van der Waals surface area contributed by atoms with Gasteiger partial charge in [-0.25, -0.2) is 19.2 Å². The molecule has 2 fully saturated rings. The van der Waals surface area contributed by atoms with Crippen LogP contribution in [0.4, 0.5) is 17.5 Å². The second-order valence-electron chi connectivity index (χ2n) is 10.1. The number of hydrogen-bond donors (Lipinski definition) is 3. The third kappa shape index (κ3) is 5.08. The molecule has 204 valence electrons. The van der Waals surface area contributed by atoms with Gasteiger partial charge in [-0.05, 0) is 32.8 Å². The summed E-state index contributed by atoms with van der Waals surface area (Å²) in [5.41, 5.74) is 1.61. The van der Waals surface area contributed by atoms with Crippen molar-refractivity contribution >= 4 is 45.2 Å². The third-order valence-electron chi connectivity index (χ3n) is 6.75. The molecule has 1 amide bonds. The molecule has 0 radical (unpaired) electrons. The van der Waals surface area contributed by atoms with Crippen molar-refractivity contribution in [3.63, 3.8) is 0 Å². The van der Waals surface area contributed by atoms with E-state index < -0.39 is 11.0 Å². The van der Waals surface area contributed by atoms with E-state index in [1.165, 1.54) is 4.09 Å². The summed E-state index contributed by atoms with van der Waals surface area (Å²) < 4.78 is 15.8. The molecule has 1 saturated carbocycles. The van der Waals surface area contributed by atoms with E-state index in [2.05, 4.69) is 49.4 Å². The van der Waals surface area contributed by atoms with E-state index in [-0.39, 0.29) is 36.3 Å². The number of aromatic nitrogens is 7. The SMILES string of the molecule is CC(C)n1nc(N2CC(C(=O)NCCO)C2)c2cnc(Nc3ccnc(-c4cnn(S(=O)C5CC5)c4)n3)cc21. The van der Waals surface area contributed by atoms with E-state index in [9.17, 15) is 9.00 Å². The minimum absolute atomic E-state index is 0.0507. The Morgan fingerprint density at radius 2 is 2.03 bits per heavy atom. The zero-order valence-electron chi connectivity index (χ0n) is 21.7. The first-order valence-electron chi connectivity index (χ1n) is 13.0. The Morgan fingerprint density at radius 1 is 1.21 bits per heavy atom. The predicted octanol–water partition coefficient (Wildman–Crippen LogP) is 1.63. The Labute approximate surface area is 227 Å². The highest BCUT2D eigenvalue weighted by atomic mass is 32.2. The highest BCUT2D eigenvalue weighted by Gasteiger charge is 2.35. The van der Waals surface area contributed by atoms with Crippen LogP contribution in [0.3, 0.4) is 0 Å². The molecule has 1 saturated heterocycles. The van der Waals surface area contributed by atoms with Crippen LogP contribution in [0.15, 0.2) is 36.9 Å². The van der Waals surface area contributed by atoms with Crippen molar-refractivity contribution in [3.05, 3.63) is 36.9 Å². The second-order valence-corrected chi connectivity index (χ2v) is 11.7. The molecule has 3 N–H and O–H groups in total. The van der Waals surface area contributed by atoms with Gasteiger partial charge in [-0.15, -0.1) is 0 Å². The molecular weight excluding hydrogens is 520 g/mol. The molecule has 2 aliphatic rings. The molecule has 14 heteroatoms. The van der Waals surface area contributed by atoms with Crippen molar-refractivity contribution in [2.45, 2.75) is 38.0 Å². The van der Waals surface area contributed by atoms with E-state index in [1.807, 2.05) is 10.7 Å². The molecule has 1 atom stereocenters. The van der Waals surface area contributed by atoms with Crippen molar-refractivity contribution < 1.29 is 14.1 Å². The summed E-state index contributed by atoms with van der Waals surface area (Å²) in [6.45, 7) is 5.46. The number of aliphatic hydroxyl groups is 1. The van der Waals surface area contributed by atoms with E-state index in [0.29, 0.717) is 36.1 Å². The molecule has 6 rings (SSSR count). The number of nitrogens with one attached hydrogen (secondary N) is 2. The van der Waals surface area contributed by atoms with Crippen LogP contribution < -0.4 is 15.5 Å². The lowest BCUT2D eigenvalue weighted by Crippen LogP contribution is -2.54. The molecule has 1 aliphatic carbocycles. The molecule has 5 heterocycles. The normalized spacial score (nSPS) is 16.5. The Hall–Kier alpha value is -3.91. The summed E-state index contributed by atoms with van der Waals surface area (Å²) in [6.07, 6.45) is 8.73. The molecule has 0 aromatic carbocycles. The fourth-order valence-electron chi connectivity index (χ4n) is 4.49. The van der Waals surface area contributed by atoms with Crippen LogP contribution in [0.25, 0.3) is 22.3 Å². The van der Waals surface area contributed by atoms with Crippen molar-refractivity contribution in [1.82, 2.24) is 39.2 Å². The summed E-state index contributed by atoms with van der Waals surface area (Å²) in [4.78, 5) is 27.9. The van der Waals surface area contributed by atoms with Gasteiger partial charge >= 0.3 is 0 Å². The lowest BCUT2D eigenvalue weighted by Gasteiger charge is -2.38. The van der Waals surface area contributed by atoms with Gasteiger partial charge in [0.2, 0.25) is 5.91 Å². The average molecular weight is 551 g/mol. The Morgan fingerprint density at radius 3 is 2.77 bits per heavy atom. The van der Waals surface area contributed by atoms with Crippen LogP contribution in [0.5, 0.6) is 0 Å². The maximum atomic E-state index is 12.4. The zero-order valence-corrected chi connectivity index (χ0v) is 22.5. The topological polar surface area (TPSA) is 156 Å². The minimum Gasteiger partial charge on any atom is -0.395 e. The van der Waals surface area contributed by atoms with Gasteiger partial charge in [-0.1, -0.05) is 0 Å². The van der Waals surface area contributed by atoms with Crippen molar-refractivity contribution in [2.75, 3.05) is 36.5 Å². The number of pyridine rings is 1. The maximum absolute atomic E-state index is 12.4. The Kier molecular flexibility index (Phi) is 6.73. The number of carbonyl (C=O) groups excluding carboxylic acids is 1. The van der Waals surface area contributed by atoms with E-state index >= 15 is 0 Å². The number of fused-ring (bicyclic) bond motifs is 1. The molecule has 4 aromatic rings. The Balaban J connectivity index is 1.21. The summed E-state index contributed by atoms with van der Waals surface area (Å²) in [7, 11) is -1.15. The lowest BCUT2D eigenvalue weighted by molar-refractivity contribution is -0.125. The molecule has 1 aliphatic heterocycles. The first kappa shape index (κ1) is 25.4. The largest absolute Gasteiger partial charge is 0.395 e. The zero-order chi connectivity index (χ0) is 27.1. The highest BCUT2D eigenvalue weighted by molar-refractivity contribution is 7.84. The number of rotatable bonds is 10. The minimum atomic E-state index is -1.15. The predicted molar refractivity (Wildman–Crippen MR) is 147 cm³/mol. The molecular formula is C25H30N10O3S. The first-order valence-corrected chi connectivity index (χ1v) is 14.2. The van der Waals surface area contributed by atoms with Gasteiger partial charge in [0.25, 0.3) is 0 Å². The monoisotopic (exact) mass is 550 g/mol. The maximum Gasteiger partial charge on any atom is 0.226 e. The van der Waals surface area contributed by atoms with Gasteiger partial charge in [0, 0.05) is 44.1 Å². The number of aliphatic hydroxyl groups excluding tert-OH is 1. The van der Waals surface area contributed by atoms with Crippen LogP contribution in [0.1, 0.15) is 32.7 Å². The van der Waals surface area contributed by atoms with Crippen LogP contribution >= 0.6 is 0 Å². The number of anilines is 3. The number of nitrogens with zero attached hydrogens (tertiary/aromatic N) is 8. The Bertz CT molecular complexity index is 1540. The first-order chi connectivity index (χ1) is 18.9. The van der Waals surface area contributed by atoms with Crippen LogP contribution in [-0.2, 0) is 15.8 Å². The smallest absolute Gasteiger partial charge is 0.226 e. The molecule has 0 spiro atoms. The third-order valence-corrected chi connectivity index (χ3v) is 8.36. The number of carbonyl (C=O) groups is 1. The van der Waals surface area contributed by atoms with E-state index in [1.54, 1.807) is 30.9 Å². The standard InChI is InChI=1S/C25H30N10O3S/c1-15(2)35-20-9-22(28-11-19(20)24(32-35)33-12-17(13-33)25(37)27-7-8-36)30-21-5-6-26-23(31-21)16-10-29-34(14-16)39(38)18-3-4-18/h5-6,9-11,14-15,17-18,36H,3-4,7-8,12-13H2,1-2H3,(H,27,37)(H,26,28,30,31). The van der Waals surface area contributed by atoms with Gasteiger partial charge in [0.15, 0.2) is 11.6 Å². The van der Waals surface area contributed by atoms with Gasteiger partial charge < -0.3 is 20.6 Å². The molecule has 13 nitrogen and oxygen atoms in total. The quantitative estimate of drug-likeness (QED) is 0.265. The van der Waals surface area contributed by atoms with E-state index in [4.69, 9.17) is 10.2 Å². The molecule has 1 unspecified atom stereocenters. The number of amides is 1. The summed E-state index contributed by atoms with van der Waals surface area (Å²) in [5, 5.41) is 25.1.